The van der Waals surface area contributed by atoms with Crippen LogP contribution in [0.5, 0.6) is 11.6 Å². The first-order valence-electron chi connectivity index (χ1n) is 11.5. The molecule has 1 aromatic heterocycles. The summed E-state index contributed by atoms with van der Waals surface area (Å²) in [4.78, 5) is 36.2. The van der Waals surface area contributed by atoms with Crippen molar-refractivity contribution in [3.05, 3.63) is 47.1 Å². The van der Waals surface area contributed by atoms with Crippen LogP contribution in [0.4, 0.5) is 5.69 Å². The van der Waals surface area contributed by atoms with E-state index in [0.29, 0.717) is 36.3 Å². The molecule has 2 atom stereocenters. The molecule has 182 valence electrons. The van der Waals surface area contributed by atoms with Gasteiger partial charge < -0.3 is 19.9 Å². The number of halogens is 1. The number of carbonyl (C=O) groups excluding carboxylic acids is 2. The lowest BCUT2D eigenvalue weighted by Crippen LogP contribution is -2.62. The number of para-hydroxylation sites is 1. The van der Waals surface area contributed by atoms with Gasteiger partial charge in [0.15, 0.2) is 0 Å². The van der Waals surface area contributed by atoms with Gasteiger partial charge in [0.05, 0.1) is 17.3 Å². The summed E-state index contributed by atoms with van der Waals surface area (Å²) in [6.07, 6.45) is 1.78. The Morgan fingerprint density at radius 3 is 2.74 bits per heavy atom. The Kier molecular flexibility index (Phi) is 6.85. The minimum absolute atomic E-state index is 0.00558. The van der Waals surface area contributed by atoms with Crippen molar-refractivity contribution in [1.82, 2.24) is 20.1 Å². The van der Waals surface area contributed by atoms with Crippen molar-refractivity contribution in [3.63, 3.8) is 0 Å². The maximum absolute atomic E-state index is 13.6. The summed E-state index contributed by atoms with van der Waals surface area (Å²) in [6, 6.07) is 8.82. The van der Waals surface area contributed by atoms with Crippen molar-refractivity contribution in [2.24, 2.45) is 0 Å². The number of carbonyl (C=O) groups is 2. The highest BCUT2D eigenvalue weighted by Crippen LogP contribution is 2.42. The highest BCUT2D eigenvalue weighted by Gasteiger charge is 2.41. The van der Waals surface area contributed by atoms with Crippen molar-refractivity contribution in [2.45, 2.75) is 38.3 Å². The predicted molar refractivity (Wildman–Crippen MR) is 133 cm³/mol. The molecule has 1 aromatic carbocycles. The van der Waals surface area contributed by atoms with Crippen LogP contribution in [0, 0.1) is 0 Å². The predicted octanol–water partition coefficient (Wildman–Crippen LogP) is 2.90. The monoisotopic (exact) mass is 485 g/mol. The Balaban J connectivity index is 1.58. The molecule has 1 fully saturated rings. The fourth-order valence-electron chi connectivity index (χ4n) is 4.62. The Labute approximate surface area is 205 Å². The maximum atomic E-state index is 13.6. The van der Waals surface area contributed by atoms with Crippen LogP contribution < -0.4 is 15.0 Å². The highest BCUT2D eigenvalue weighted by atomic mass is 35.5. The van der Waals surface area contributed by atoms with Crippen molar-refractivity contribution in [2.75, 3.05) is 45.2 Å². The van der Waals surface area contributed by atoms with E-state index in [2.05, 4.69) is 31.1 Å². The zero-order chi connectivity index (χ0) is 24.6. The Hall–Kier alpha value is -2.68. The maximum Gasteiger partial charge on any atom is 0.241 e. The average Bonchev–Trinajstić information content (AvgIpc) is 3.05. The average molecular weight is 486 g/mol. The molecule has 0 saturated carbocycles. The quantitative estimate of drug-likeness (QED) is 0.701. The Morgan fingerprint density at radius 2 is 2.03 bits per heavy atom. The van der Waals surface area contributed by atoms with E-state index in [4.69, 9.17) is 16.3 Å². The summed E-state index contributed by atoms with van der Waals surface area (Å²) in [7, 11) is 3.49. The van der Waals surface area contributed by atoms with Gasteiger partial charge in [0.1, 0.15) is 11.8 Å². The number of amides is 2. The van der Waals surface area contributed by atoms with Crippen LogP contribution in [0.15, 0.2) is 36.5 Å². The second kappa shape index (κ2) is 9.52. The van der Waals surface area contributed by atoms with Crippen LogP contribution in [-0.2, 0) is 15.0 Å². The zero-order valence-electron chi connectivity index (χ0n) is 20.3. The van der Waals surface area contributed by atoms with Gasteiger partial charge in [-0.2, -0.15) is 0 Å². The molecular weight excluding hydrogens is 454 g/mol. The van der Waals surface area contributed by atoms with Crippen molar-refractivity contribution >= 4 is 29.1 Å². The van der Waals surface area contributed by atoms with Crippen LogP contribution in [0.2, 0.25) is 5.02 Å². The van der Waals surface area contributed by atoms with Gasteiger partial charge in [-0.3, -0.25) is 14.5 Å². The molecule has 2 aliphatic rings. The summed E-state index contributed by atoms with van der Waals surface area (Å²) >= 11 is 6.24. The summed E-state index contributed by atoms with van der Waals surface area (Å²) in [5, 5.41) is 3.84. The molecule has 1 N–H and O–H groups in total. The van der Waals surface area contributed by atoms with Gasteiger partial charge in [0.2, 0.25) is 17.7 Å². The number of pyridine rings is 1. The lowest BCUT2D eigenvalue weighted by atomic mass is 9.88. The second-order valence-electron chi connectivity index (χ2n) is 9.92. The van der Waals surface area contributed by atoms with Gasteiger partial charge in [0, 0.05) is 63.0 Å². The minimum atomic E-state index is -0.373. The molecule has 2 amide bonds. The number of hydrogen-bond acceptors (Lipinski definition) is 6. The highest BCUT2D eigenvalue weighted by molar-refractivity contribution is 6.32. The number of likely N-dealkylation sites (N-methyl/N-ethyl adjacent to an activating group) is 1. The number of anilines is 1. The molecule has 2 aromatic rings. The van der Waals surface area contributed by atoms with E-state index < -0.39 is 0 Å². The van der Waals surface area contributed by atoms with Crippen LogP contribution >= 0.6 is 11.6 Å². The number of rotatable bonds is 5. The topological polar surface area (TPSA) is 78.0 Å². The summed E-state index contributed by atoms with van der Waals surface area (Å²) < 4.78 is 5.92. The number of hydrogen-bond donors (Lipinski definition) is 1. The molecule has 0 bridgehead atoms. The van der Waals surface area contributed by atoms with E-state index in [-0.39, 0.29) is 35.9 Å². The molecule has 0 spiro atoms. The lowest BCUT2D eigenvalue weighted by Gasteiger charge is -2.39. The largest absolute Gasteiger partial charge is 0.437 e. The third kappa shape index (κ3) is 4.89. The van der Waals surface area contributed by atoms with E-state index in [0.717, 1.165) is 11.3 Å². The normalized spacial score (nSPS) is 21.8. The first-order chi connectivity index (χ1) is 16.1. The van der Waals surface area contributed by atoms with Crippen molar-refractivity contribution in [1.29, 1.82) is 0 Å². The Morgan fingerprint density at radius 1 is 1.29 bits per heavy atom. The molecular formula is C25H32ClN5O3. The number of nitrogens with zero attached hydrogens (tertiary/aromatic N) is 4. The van der Waals surface area contributed by atoms with Gasteiger partial charge >= 0.3 is 0 Å². The van der Waals surface area contributed by atoms with Crippen LogP contribution in [-0.4, -0.2) is 79.0 Å². The number of fused-ring (bicyclic) bond motifs is 1. The molecule has 4 rings (SSSR count). The number of piperazine rings is 1. The fraction of sp³-hybridized carbons (Fsp3) is 0.480. The number of nitrogens with one attached hydrogen (secondary N) is 1. The molecule has 2 aliphatic heterocycles. The number of benzene rings is 1. The van der Waals surface area contributed by atoms with Gasteiger partial charge in [-0.15, -0.1) is 0 Å². The SMILES string of the molecule is C[C@@H]1CN(CC(=O)N2CC(C)(C)c3cnc(Oc4ccccc4Cl)cc32)[C@@H](C(=O)N(C)C)CN1. The summed E-state index contributed by atoms with van der Waals surface area (Å²) in [5.74, 6) is 0.826. The van der Waals surface area contributed by atoms with E-state index in [9.17, 15) is 9.59 Å². The summed E-state index contributed by atoms with van der Waals surface area (Å²) in [5.41, 5.74) is 1.52. The van der Waals surface area contributed by atoms with E-state index in [1.807, 2.05) is 17.0 Å². The third-order valence-electron chi connectivity index (χ3n) is 6.46. The van der Waals surface area contributed by atoms with Crippen LogP contribution in [0.25, 0.3) is 0 Å². The third-order valence-corrected chi connectivity index (χ3v) is 6.77. The van der Waals surface area contributed by atoms with Gasteiger partial charge in [-0.05, 0) is 19.1 Å². The molecule has 34 heavy (non-hydrogen) atoms. The fourth-order valence-corrected chi connectivity index (χ4v) is 4.79. The molecule has 8 nitrogen and oxygen atoms in total. The first-order valence-corrected chi connectivity index (χ1v) is 11.9. The number of aromatic nitrogens is 1. The van der Waals surface area contributed by atoms with E-state index in [1.54, 1.807) is 48.3 Å². The second-order valence-corrected chi connectivity index (χ2v) is 10.3. The lowest BCUT2D eigenvalue weighted by molar-refractivity contribution is -0.136. The van der Waals surface area contributed by atoms with Gasteiger partial charge in [-0.1, -0.05) is 37.6 Å². The number of ether oxygens (including phenoxy) is 1. The van der Waals surface area contributed by atoms with E-state index >= 15 is 0 Å². The molecule has 9 heteroatoms. The molecule has 0 unspecified atom stereocenters. The van der Waals surface area contributed by atoms with Crippen LogP contribution in [0.3, 0.4) is 0 Å². The van der Waals surface area contributed by atoms with Gasteiger partial charge in [-0.25, -0.2) is 4.98 Å². The minimum Gasteiger partial charge on any atom is -0.437 e. The van der Waals surface area contributed by atoms with Crippen LogP contribution in [0.1, 0.15) is 26.3 Å². The van der Waals surface area contributed by atoms with Gasteiger partial charge in [0.25, 0.3) is 0 Å². The smallest absolute Gasteiger partial charge is 0.241 e. The first kappa shape index (κ1) is 24.4. The van der Waals surface area contributed by atoms with E-state index in [1.165, 1.54) is 0 Å². The zero-order valence-corrected chi connectivity index (χ0v) is 21.1. The van der Waals surface area contributed by atoms with Crippen molar-refractivity contribution in [3.8, 4) is 11.6 Å². The van der Waals surface area contributed by atoms with Crippen molar-refractivity contribution < 1.29 is 14.3 Å². The molecule has 3 heterocycles. The summed E-state index contributed by atoms with van der Waals surface area (Å²) in [6.45, 7) is 8.10. The standard InChI is InChI=1S/C25H32ClN5O3/c1-16-13-30(20(12-27-16)24(33)29(4)5)14-23(32)31-15-25(2,3)17-11-28-22(10-19(17)31)34-21-9-7-6-8-18(21)26/h6-11,16,20,27H,12-15H2,1-5H3/t16-,20-/m1/s1. The Bertz CT molecular complexity index is 1090. The molecule has 0 aliphatic carbocycles. The molecule has 0 radical (unpaired) electrons. The molecule has 1 saturated heterocycles.